The van der Waals surface area contributed by atoms with Gasteiger partial charge in [-0.15, -0.1) is 0 Å². The maximum atomic E-state index is 13.2. The molecule has 0 spiro atoms. The van der Waals surface area contributed by atoms with Gasteiger partial charge in [0.2, 0.25) is 0 Å². The Balaban J connectivity index is 1.89. The Labute approximate surface area is 173 Å². The van der Waals surface area contributed by atoms with Crippen LogP contribution in [-0.2, 0) is 6.54 Å². The lowest BCUT2D eigenvalue weighted by molar-refractivity contribution is 0.0937. The lowest BCUT2D eigenvalue weighted by Gasteiger charge is -2.17. The third kappa shape index (κ3) is 3.18. The highest BCUT2D eigenvalue weighted by molar-refractivity contribution is 5.97. The minimum Gasteiger partial charge on any atom is -0.345 e. The zero-order chi connectivity index (χ0) is 21.4. The molecule has 0 aliphatic heterocycles. The molecule has 0 fully saturated rings. The first-order valence-corrected chi connectivity index (χ1v) is 9.88. The van der Waals surface area contributed by atoms with Crippen molar-refractivity contribution in [2.45, 2.75) is 33.4 Å². The summed E-state index contributed by atoms with van der Waals surface area (Å²) >= 11 is 0. The number of amides is 1. The van der Waals surface area contributed by atoms with E-state index in [1.54, 1.807) is 16.8 Å². The molecule has 4 aromatic rings. The van der Waals surface area contributed by atoms with Crippen molar-refractivity contribution in [3.8, 4) is 0 Å². The average molecular weight is 401 g/mol. The van der Waals surface area contributed by atoms with Crippen LogP contribution < -0.4 is 16.4 Å². The van der Waals surface area contributed by atoms with Crippen molar-refractivity contribution < 1.29 is 4.79 Å². The van der Waals surface area contributed by atoms with Crippen LogP contribution in [0.1, 0.15) is 41.4 Å². The number of fused-ring (bicyclic) bond motifs is 2. The molecule has 0 aliphatic carbocycles. The first kappa shape index (κ1) is 19.6. The zero-order valence-corrected chi connectivity index (χ0v) is 17.1. The molecular weight excluding hydrogens is 378 g/mol. The fraction of sp³-hybridized carbons (Fsp3) is 0.217. The molecule has 4 rings (SSSR count). The number of aryl methyl sites for hydroxylation is 2. The minimum atomic E-state index is -0.394. The van der Waals surface area contributed by atoms with E-state index in [0.717, 1.165) is 11.1 Å². The van der Waals surface area contributed by atoms with E-state index in [1.165, 1.54) is 10.5 Å². The van der Waals surface area contributed by atoms with E-state index < -0.39 is 5.91 Å². The molecule has 7 nitrogen and oxygen atoms in total. The predicted octanol–water partition coefficient (Wildman–Crippen LogP) is 2.95. The number of benzene rings is 1. The van der Waals surface area contributed by atoms with Crippen LogP contribution in [-0.4, -0.2) is 19.9 Å². The monoisotopic (exact) mass is 401 g/mol. The van der Waals surface area contributed by atoms with Gasteiger partial charge >= 0.3 is 0 Å². The molecule has 0 radical (unpaired) electrons. The van der Waals surface area contributed by atoms with E-state index in [2.05, 4.69) is 10.3 Å². The van der Waals surface area contributed by atoms with Gasteiger partial charge in [-0.05, 0) is 44.0 Å². The van der Waals surface area contributed by atoms with Gasteiger partial charge < -0.3 is 9.88 Å². The Morgan fingerprint density at radius 2 is 1.90 bits per heavy atom. The van der Waals surface area contributed by atoms with Crippen molar-refractivity contribution >= 4 is 22.6 Å². The Bertz CT molecular complexity index is 1390. The molecule has 1 amide bonds. The molecule has 152 valence electrons. The molecule has 0 aliphatic rings. The highest BCUT2D eigenvalue weighted by Crippen LogP contribution is 2.15. The van der Waals surface area contributed by atoms with Crippen molar-refractivity contribution in [1.29, 1.82) is 5.41 Å². The van der Waals surface area contributed by atoms with Gasteiger partial charge in [-0.1, -0.05) is 36.4 Å². The lowest BCUT2D eigenvalue weighted by atomic mass is 10.1. The SMILES string of the molecule is CCn1c(=N)c(C(=O)N[C@@H](C)c2ccccc2)cc2c(=O)n3cccc(C)c3nc21. The van der Waals surface area contributed by atoms with E-state index in [9.17, 15) is 9.59 Å². The van der Waals surface area contributed by atoms with Gasteiger partial charge in [-0.2, -0.15) is 0 Å². The standard InChI is InChI=1S/C23H23N5O2/c1-4-27-19(24)17(22(29)25-15(3)16-10-6-5-7-11-16)13-18-21(27)26-20-14(2)9-8-12-28(20)23(18)30/h5-13,15,24H,4H2,1-3H3,(H,25,29)/t15-/m0/s1. The van der Waals surface area contributed by atoms with E-state index in [4.69, 9.17) is 5.41 Å². The quantitative estimate of drug-likeness (QED) is 0.515. The number of rotatable bonds is 4. The van der Waals surface area contributed by atoms with Gasteiger partial charge in [0.15, 0.2) is 0 Å². The fourth-order valence-corrected chi connectivity index (χ4v) is 3.68. The van der Waals surface area contributed by atoms with Gasteiger partial charge in [0.05, 0.1) is 17.0 Å². The van der Waals surface area contributed by atoms with Crippen LogP contribution >= 0.6 is 0 Å². The van der Waals surface area contributed by atoms with Gasteiger partial charge in [0.1, 0.15) is 16.8 Å². The molecule has 1 atom stereocenters. The summed E-state index contributed by atoms with van der Waals surface area (Å²) in [4.78, 5) is 30.8. The minimum absolute atomic E-state index is 0.0348. The van der Waals surface area contributed by atoms with Crippen LogP contribution in [0.15, 0.2) is 59.5 Å². The smallest absolute Gasteiger partial charge is 0.267 e. The van der Waals surface area contributed by atoms with Gasteiger partial charge in [0, 0.05) is 12.7 Å². The summed E-state index contributed by atoms with van der Waals surface area (Å²) in [5.41, 5.74) is 2.71. The van der Waals surface area contributed by atoms with E-state index >= 15 is 0 Å². The highest BCUT2D eigenvalue weighted by Gasteiger charge is 2.19. The first-order chi connectivity index (χ1) is 14.4. The van der Waals surface area contributed by atoms with Crippen molar-refractivity contribution in [3.63, 3.8) is 0 Å². The molecule has 7 heteroatoms. The van der Waals surface area contributed by atoms with Crippen LogP contribution in [0.3, 0.4) is 0 Å². The van der Waals surface area contributed by atoms with Crippen LogP contribution in [0.5, 0.6) is 0 Å². The second-order valence-electron chi connectivity index (χ2n) is 7.30. The average Bonchev–Trinajstić information content (AvgIpc) is 2.75. The molecule has 0 saturated carbocycles. The number of nitrogens with zero attached hydrogens (tertiary/aromatic N) is 3. The molecule has 3 aromatic heterocycles. The van der Waals surface area contributed by atoms with Crippen LogP contribution in [0.25, 0.3) is 16.7 Å². The summed E-state index contributed by atoms with van der Waals surface area (Å²) < 4.78 is 3.08. The second kappa shape index (κ2) is 7.59. The van der Waals surface area contributed by atoms with Gasteiger partial charge in [-0.3, -0.25) is 19.4 Å². The Morgan fingerprint density at radius 1 is 1.17 bits per heavy atom. The zero-order valence-electron chi connectivity index (χ0n) is 17.1. The fourth-order valence-electron chi connectivity index (χ4n) is 3.68. The summed E-state index contributed by atoms with van der Waals surface area (Å²) in [5, 5.41) is 11.8. The van der Waals surface area contributed by atoms with Gasteiger partial charge in [0.25, 0.3) is 11.5 Å². The Kier molecular flexibility index (Phi) is 4.95. The number of hydrogen-bond acceptors (Lipinski definition) is 4. The van der Waals surface area contributed by atoms with Crippen molar-refractivity contribution in [2.24, 2.45) is 0 Å². The van der Waals surface area contributed by atoms with Crippen molar-refractivity contribution in [1.82, 2.24) is 19.3 Å². The maximum Gasteiger partial charge on any atom is 0.267 e. The van der Waals surface area contributed by atoms with Gasteiger partial charge in [-0.25, -0.2) is 4.98 Å². The highest BCUT2D eigenvalue weighted by atomic mass is 16.1. The van der Waals surface area contributed by atoms with Crippen molar-refractivity contribution in [3.05, 3.63) is 87.3 Å². The van der Waals surface area contributed by atoms with E-state index in [-0.39, 0.29) is 22.7 Å². The van der Waals surface area contributed by atoms with Crippen LogP contribution in [0.4, 0.5) is 0 Å². The molecule has 1 aromatic carbocycles. The van der Waals surface area contributed by atoms with Crippen LogP contribution in [0.2, 0.25) is 0 Å². The normalized spacial score (nSPS) is 12.2. The summed E-state index contributed by atoms with van der Waals surface area (Å²) in [5.74, 6) is -0.394. The topological polar surface area (TPSA) is 92.2 Å². The first-order valence-electron chi connectivity index (χ1n) is 9.88. The lowest BCUT2D eigenvalue weighted by Crippen LogP contribution is -2.35. The molecule has 0 saturated heterocycles. The van der Waals surface area contributed by atoms with E-state index in [0.29, 0.717) is 23.2 Å². The summed E-state index contributed by atoms with van der Waals surface area (Å²) in [6.07, 6.45) is 1.67. The summed E-state index contributed by atoms with van der Waals surface area (Å²) in [7, 11) is 0. The number of carbonyl (C=O) groups is 1. The van der Waals surface area contributed by atoms with Crippen LogP contribution in [0, 0.1) is 12.3 Å². The number of aromatic nitrogens is 3. The number of carbonyl (C=O) groups excluding carboxylic acids is 1. The number of nitrogens with one attached hydrogen (secondary N) is 2. The third-order valence-electron chi connectivity index (χ3n) is 5.34. The predicted molar refractivity (Wildman–Crippen MR) is 116 cm³/mol. The summed E-state index contributed by atoms with van der Waals surface area (Å²) in [6.45, 7) is 6.06. The third-order valence-corrected chi connectivity index (χ3v) is 5.34. The molecular formula is C23H23N5O2. The number of hydrogen-bond donors (Lipinski definition) is 2. The second-order valence-corrected chi connectivity index (χ2v) is 7.30. The van der Waals surface area contributed by atoms with E-state index in [1.807, 2.05) is 57.2 Å². The molecule has 0 unspecified atom stereocenters. The molecule has 0 bridgehead atoms. The molecule has 2 N–H and O–H groups in total. The molecule has 3 heterocycles. The number of pyridine rings is 2. The largest absolute Gasteiger partial charge is 0.345 e. The summed E-state index contributed by atoms with van der Waals surface area (Å²) in [6, 6.07) is 14.5. The Morgan fingerprint density at radius 3 is 2.60 bits per heavy atom. The molecule has 30 heavy (non-hydrogen) atoms. The van der Waals surface area contributed by atoms with Crippen molar-refractivity contribution in [2.75, 3.05) is 0 Å². The Hall–Kier alpha value is -3.74. The maximum absolute atomic E-state index is 13.2.